The van der Waals surface area contributed by atoms with Gasteiger partial charge in [-0.2, -0.15) is 0 Å². The van der Waals surface area contributed by atoms with Gasteiger partial charge < -0.3 is 5.11 Å². The first-order valence-electron chi connectivity index (χ1n) is 9.21. The van der Waals surface area contributed by atoms with Gasteiger partial charge in [-0.15, -0.1) is 11.8 Å². The first kappa shape index (κ1) is 16.7. The summed E-state index contributed by atoms with van der Waals surface area (Å²) in [6.45, 7) is 0. The van der Waals surface area contributed by atoms with Crippen LogP contribution in [-0.4, -0.2) is 16.1 Å². The molecule has 2 fully saturated rings. The van der Waals surface area contributed by atoms with Crippen LogP contribution >= 0.6 is 11.8 Å². The van der Waals surface area contributed by atoms with Crippen molar-refractivity contribution in [2.45, 2.75) is 42.2 Å². The number of aromatic hydroxyl groups is 1. The highest BCUT2D eigenvalue weighted by molar-refractivity contribution is 8.00. The molecule has 2 aromatic carbocycles. The fourth-order valence-corrected chi connectivity index (χ4v) is 6.05. The van der Waals surface area contributed by atoms with Crippen molar-refractivity contribution in [2.75, 3.05) is 0 Å². The van der Waals surface area contributed by atoms with E-state index in [4.69, 9.17) is 0 Å². The number of carbonyl (C=O) groups excluding carboxylic acids is 1. The lowest BCUT2D eigenvalue weighted by Crippen LogP contribution is -2.08. The van der Waals surface area contributed by atoms with Crippen LogP contribution in [-0.2, 0) is 0 Å². The molecule has 0 amide bonds. The van der Waals surface area contributed by atoms with Crippen molar-refractivity contribution in [3.05, 3.63) is 60.2 Å². The number of carbonyl (C=O) groups is 1. The molecular formula is C22H24O2S. The first-order chi connectivity index (χ1) is 12.2. The predicted molar refractivity (Wildman–Crippen MR) is 102 cm³/mol. The molecule has 0 radical (unpaired) electrons. The lowest BCUT2D eigenvalue weighted by atomic mass is 9.94. The summed E-state index contributed by atoms with van der Waals surface area (Å²) in [6, 6.07) is 17.4. The Bertz CT molecular complexity index is 711. The van der Waals surface area contributed by atoms with Gasteiger partial charge in [0.25, 0.3) is 0 Å². The summed E-state index contributed by atoms with van der Waals surface area (Å²) in [6.07, 6.45) is 5.68. The Labute approximate surface area is 153 Å². The van der Waals surface area contributed by atoms with Crippen molar-refractivity contribution < 1.29 is 9.90 Å². The molecule has 2 aliphatic carbocycles. The Balaban J connectivity index is 1.29. The van der Waals surface area contributed by atoms with E-state index >= 15 is 0 Å². The molecule has 0 spiro atoms. The van der Waals surface area contributed by atoms with Gasteiger partial charge >= 0.3 is 0 Å². The van der Waals surface area contributed by atoms with Gasteiger partial charge in [-0.1, -0.05) is 18.2 Å². The van der Waals surface area contributed by atoms with Crippen LogP contribution in [0.25, 0.3) is 0 Å². The number of ketones is 1. The van der Waals surface area contributed by atoms with Gasteiger partial charge in [0.2, 0.25) is 0 Å². The number of hydrogen-bond acceptors (Lipinski definition) is 3. The number of hydrogen-bond donors (Lipinski definition) is 1. The molecule has 2 aliphatic rings. The third-order valence-corrected chi connectivity index (χ3v) is 7.04. The van der Waals surface area contributed by atoms with Gasteiger partial charge in [-0.3, -0.25) is 4.79 Å². The quantitative estimate of drug-likeness (QED) is 0.716. The molecule has 2 nitrogen and oxygen atoms in total. The van der Waals surface area contributed by atoms with Crippen LogP contribution < -0.4 is 0 Å². The van der Waals surface area contributed by atoms with Crippen LogP contribution in [0, 0.1) is 17.8 Å². The van der Waals surface area contributed by atoms with E-state index in [2.05, 4.69) is 30.3 Å². The summed E-state index contributed by atoms with van der Waals surface area (Å²) in [5.41, 5.74) is 0.729. The van der Waals surface area contributed by atoms with Gasteiger partial charge in [0.15, 0.2) is 5.78 Å². The van der Waals surface area contributed by atoms with Crippen LogP contribution in [0.4, 0.5) is 0 Å². The monoisotopic (exact) mass is 352 g/mol. The van der Waals surface area contributed by atoms with E-state index in [0.29, 0.717) is 12.3 Å². The van der Waals surface area contributed by atoms with E-state index in [1.165, 1.54) is 30.6 Å². The zero-order chi connectivity index (χ0) is 17.2. The number of thioether (sulfide) groups is 1. The summed E-state index contributed by atoms with van der Waals surface area (Å²) in [4.78, 5) is 13.8. The minimum absolute atomic E-state index is 0.217. The normalized spacial score (nSPS) is 28.0. The maximum absolute atomic E-state index is 12.5. The number of Topliss-reactive ketones (excluding diaryl/α,β-unsaturated/α-hetero) is 1. The average Bonchev–Trinajstić information content (AvgIpc) is 3.14. The van der Waals surface area contributed by atoms with Crippen molar-refractivity contribution >= 4 is 17.5 Å². The van der Waals surface area contributed by atoms with Crippen LogP contribution in [0.1, 0.15) is 42.5 Å². The largest absolute Gasteiger partial charge is 0.508 e. The van der Waals surface area contributed by atoms with Crippen LogP contribution in [0.2, 0.25) is 0 Å². The molecule has 0 heterocycles. The van der Waals surface area contributed by atoms with Crippen molar-refractivity contribution in [1.29, 1.82) is 0 Å². The van der Waals surface area contributed by atoms with E-state index in [0.717, 1.165) is 22.6 Å². The molecule has 130 valence electrons. The third-order valence-electron chi connectivity index (χ3n) is 5.78. The van der Waals surface area contributed by atoms with Crippen molar-refractivity contribution in [1.82, 2.24) is 0 Å². The lowest BCUT2D eigenvalue weighted by molar-refractivity contribution is 0.0960. The topological polar surface area (TPSA) is 37.3 Å². The van der Waals surface area contributed by atoms with Gasteiger partial charge in [-0.05, 0) is 79.8 Å². The van der Waals surface area contributed by atoms with E-state index in [9.17, 15) is 9.90 Å². The van der Waals surface area contributed by atoms with Gasteiger partial charge in [0.05, 0.1) is 0 Å². The highest BCUT2D eigenvalue weighted by atomic mass is 32.2. The van der Waals surface area contributed by atoms with Gasteiger partial charge in [0.1, 0.15) is 5.75 Å². The molecule has 2 saturated carbocycles. The minimum Gasteiger partial charge on any atom is -0.508 e. The van der Waals surface area contributed by atoms with E-state index in [1.807, 2.05) is 11.8 Å². The Morgan fingerprint density at radius 3 is 2.20 bits per heavy atom. The van der Waals surface area contributed by atoms with Crippen LogP contribution in [0.3, 0.4) is 0 Å². The Kier molecular flexibility index (Phi) is 4.85. The Morgan fingerprint density at radius 2 is 1.56 bits per heavy atom. The summed E-state index contributed by atoms with van der Waals surface area (Å²) >= 11 is 2.03. The molecule has 3 heteroatoms. The number of rotatable bonds is 5. The Morgan fingerprint density at radius 1 is 0.920 bits per heavy atom. The fourth-order valence-electron chi connectivity index (χ4n) is 4.67. The fraction of sp³-hybridized carbons (Fsp3) is 0.409. The van der Waals surface area contributed by atoms with E-state index < -0.39 is 0 Å². The molecule has 2 aromatic rings. The lowest BCUT2D eigenvalue weighted by Gasteiger charge is -2.14. The van der Waals surface area contributed by atoms with Crippen molar-refractivity contribution in [3.8, 4) is 5.75 Å². The number of phenolic OH excluding ortho intramolecular Hbond substituents is 1. The maximum atomic E-state index is 12.5. The molecule has 0 bridgehead atoms. The second-order valence-corrected chi connectivity index (χ2v) is 8.93. The number of benzene rings is 2. The Hall–Kier alpha value is -1.74. The first-order valence-corrected chi connectivity index (χ1v) is 10.1. The zero-order valence-electron chi connectivity index (χ0n) is 14.3. The molecule has 4 atom stereocenters. The molecule has 0 saturated heterocycles. The number of fused-ring (bicyclic) bond motifs is 1. The summed E-state index contributed by atoms with van der Waals surface area (Å²) in [5, 5.41) is 10.1. The molecule has 25 heavy (non-hydrogen) atoms. The summed E-state index contributed by atoms with van der Waals surface area (Å²) < 4.78 is 0. The predicted octanol–water partition coefficient (Wildman–Crippen LogP) is 5.56. The second-order valence-electron chi connectivity index (χ2n) is 7.56. The average molecular weight is 352 g/mol. The molecule has 0 aliphatic heterocycles. The molecular weight excluding hydrogens is 328 g/mol. The zero-order valence-corrected chi connectivity index (χ0v) is 15.1. The SMILES string of the molecule is O=C(CC1C[C@@H]2CC(Sc3ccccc3)C[C@@H]2C1)c1ccc(O)cc1. The third kappa shape index (κ3) is 3.92. The molecule has 1 N–H and O–H groups in total. The summed E-state index contributed by atoms with van der Waals surface area (Å²) in [7, 11) is 0. The number of phenols is 1. The smallest absolute Gasteiger partial charge is 0.163 e. The van der Waals surface area contributed by atoms with Crippen molar-refractivity contribution in [2.24, 2.45) is 17.8 Å². The summed E-state index contributed by atoms with van der Waals surface area (Å²) in [5.74, 6) is 2.59. The molecule has 2 unspecified atom stereocenters. The van der Waals surface area contributed by atoms with E-state index in [1.54, 1.807) is 24.3 Å². The van der Waals surface area contributed by atoms with Gasteiger partial charge in [0, 0.05) is 22.1 Å². The van der Waals surface area contributed by atoms with Crippen LogP contribution in [0.5, 0.6) is 5.75 Å². The minimum atomic E-state index is 0.217. The van der Waals surface area contributed by atoms with E-state index in [-0.39, 0.29) is 11.5 Å². The second kappa shape index (κ2) is 7.25. The molecule has 0 aromatic heterocycles. The van der Waals surface area contributed by atoms with Crippen molar-refractivity contribution in [3.63, 3.8) is 0 Å². The standard InChI is InChI=1S/C22H24O2S/c23-19-8-6-16(7-9-19)22(24)12-15-10-17-13-21(14-18(17)11-15)25-20-4-2-1-3-5-20/h1-9,15,17-18,21,23H,10-14H2/t15?,17-,18+,21?. The van der Waals surface area contributed by atoms with Gasteiger partial charge in [-0.25, -0.2) is 0 Å². The molecule has 4 rings (SSSR count). The highest BCUT2D eigenvalue weighted by Gasteiger charge is 2.42. The maximum Gasteiger partial charge on any atom is 0.163 e. The van der Waals surface area contributed by atoms with Crippen LogP contribution in [0.15, 0.2) is 59.5 Å². The highest BCUT2D eigenvalue weighted by Crippen LogP contribution is 2.52.